The van der Waals surface area contributed by atoms with E-state index in [9.17, 15) is 4.79 Å². The summed E-state index contributed by atoms with van der Waals surface area (Å²) >= 11 is 0. The number of rotatable bonds is 7. The van der Waals surface area contributed by atoms with Crippen LogP contribution in [0.4, 0.5) is 5.69 Å². The lowest BCUT2D eigenvalue weighted by Gasteiger charge is -2.39. The van der Waals surface area contributed by atoms with Gasteiger partial charge in [0.05, 0.1) is 0 Å². The molecular formula is C21H27N3O2. The van der Waals surface area contributed by atoms with Crippen molar-refractivity contribution in [3.05, 3.63) is 60.7 Å². The van der Waals surface area contributed by atoms with Gasteiger partial charge >= 0.3 is 0 Å². The van der Waals surface area contributed by atoms with E-state index in [1.54, 1.807) is 0 Å². The molecule has 0 bridgehead atoms. The highest BCUT2D eigenvalue weighted by molar-refractivity contribution is 5.77. The van der Waals surface area contributed by atoms with Gasteiger partial charge in [0.1, 0.15) is 5.75 Å². The number of benzene rings is 2. The number of piperazine rings is 1. The SMILES string of the molecule is CC(CNC(=O)COc1ccccc1)N1CCN(c2ccccc2)CC1. The first-order valence-electron chi connectivity index (χ1n) is 9.21. The summed E-state index contributed by atoms with van der Waals surface area (Å²) in [6.07, 6.45) is 0. The number of hydrogen-bond donors (Lipinski definition) is 1. The number of ether oxygens (including phenoxy) is 1. The lowest BCUT2D eigenvalue weighted by Crippen LogP contribution is -2.52. The molecule has 26 heavy (non-hydrogen) atoms. The number of amides is 1. The maximum atomic E-state index is 12.0. The Kier molecular flexibility index (Phi) is 6.50. The molecule has 0 spiro atoms. The van der Waals surface area contributed by atoms with Gasteiger partial charge in [0.2, 0.25) is 0 Å². The van der Waals surface area contributed by atoms with E-state index in [0.717, 1.165) is 26.2 Å². The van der Waals surface area contributed by atoms with Gasteiger partial charge in [-0.1, -0.05) is 36.4 Å². The Morgan fingerprint density at radius 1 is 1.00 bits per heavy atom. The van der Waals surface area contributed by atoms with Gasteiger partial charge in [-0.3, -0.25) is 9.69 Å². The average Bonchev–Trinajstić information content (AvgIpc) is 2.72. The molecule has 1 atom stereocenters. The number of carbonyl (C=O) groups is 1. The molecule has 1 aliphatic heterocycles. The van der Waals surface area contributed by atoms with Crippen molar-refractivity contribution >= 4 is 11.6 Å². The summed E-state index contributed by atoms with van der Waals surface area (Å²) in [6, 6.07) is 20.2. The van der Waals surface area contributed by atoms with Crippen LogP contribution in [0, 0.1) is 0 Å². The van der Waals surface area contributed by atoms with Gasteiger partial charge in [-0.25, -0.2) is 0 Å². The molecule has 1 amide bonds. The minimum absolute atomic E-state index is 0.0541. The number of anilines is 1. The van der Waals surface area contributed by atoms with Gasteiger partial charge in [-0.05, 0) is 31.2 Å². The molecule has 0 saturated carbocycles. The van der Waals surface area contributed by atoms with Crippen molar-refractivity contribution in [2.45, 2.75) is 13.0 Å². The average molecular weight is 353 g/mol. The molecule has 3 rings (SSSR count). The minimum Gasteiger partial charge on any atom is -0.484 e. The molecule has 0 aliphatic carbocycles. The van der Waals surface area contributed by atoms with E-state index in [1.807, 2.05) is 36.4 Å². The maximum absolute atomic E-state index is 12.0. The van der Waals surface area contributed by atoms with Gasteiger partial charge in [0.25, 0.3) is 5.91 Å². The Bertz CT molecular complexity index is 670. The van der Waals surface area contributed by atoms with Gasteiger partial charge < -0.3 is 15.0 Å². The normalized spacial score (nSPS) is 16.1. The van der Waals surface area contributed by atoms with Crippen LogP contribution in [0.25, 0.3) is 0 Å². The zero-order chi connectivity index (χ0) is 18.2. The maximum Gasteiger partial charge on any atom is 0.257 e. The molecule has 138 valence electrons. The lowest BCUT2D eigenvalue weighted by molar-refractivity contribution is -0.123. The Morgan fingerprint density at radius 3 is 2.27 bits per heavy atom. The summed E-state index contributed by atoms with van der Waals surface area (Å²) in [5.41, 5.74) is 1.28. The van der Waals surface area contributed by atoms with Crippen LogP contribution in [0.5, 0.6) is 5.75 Å². The van der Waals surface area contributed by atoms with Crippen molar-refractivity contribution in [1.82, 2.24) is 10.2 Å². The van der Waals surface area contributed by atoms with E-state index < -0.39 is 0 Å². The largest absolute Gasteiger partial charge is 0.484 e. The lowest BCUT2D eigenvalue weighted by atomic mass is 10.2. The molecule has 2 aromatic carbocycles. The molecule has 0 radical (unpaired) electrons. The molecule has 1 N–H and O–H groups in total. The molecule has 2 aromatic rings. The molecule has 1 saturated heterocycles. The standard InChI is InChI=1S/C21H27N3O2/c1-18(16-22-21(25)17-26-20-10-6-3-7-11-20)23-12-14-24(15-13-23)19-8-4-2-5-9-19/h2-11,18H,12-17H2,1H3,(H,22,25). The first kappa shape index (κ1) is 18.3. The molecule has 1 aliphatic rings. The van der Waals surface area contributed by atoms with Crippen LogP contribution in [0.1, 0.15) is 6.92 Å². The molecule has 5 nitrogen and oxygen atoms in total. The van der Waals surface area contributed by atoms with Gasteiger partial charge in [0.15, 0.2) is 6.61 Å². The fourth-order valence-corrected chi connectivity index (χ4v) is 3.17. The van der Waals surface area contributed by atoms with Crippen LogP contribution >= 0.6 is 0 Å². The highest BCUT2D eigenvalue weighted by atomic mass is 16.5. The van der Waals surface area contributed by atoms with Gasteiger partial charge in [-0.2, -0.15) is 0 Å². The number of nitrogens with one attached hydrogen (secondary N) is 1. The van der Waals surface area contributed by atoms with Crippen LogP contribution in [-0.4, -0.2) is 56.2 Å². The van der Waals surface area contributed by atoms with Gasteiger partial charge in [-0.15, -0.1) is 0 Å². The quantitative estimate of drug-likeness (QED) is 0.830. The van der Waals surface area contributed by atoms with Crippen molar-refractivity contribution in [3.8, 4) is 5.75 Å². The molecule has 0 aromatic heterocycles. The first-order valence-corrected chi connectivity index (χ1v) is 9.21. The fourth-order valence-electron chi connectivity index (χ4n) is 3.17. The van der Waals surface area contributed by atoms with E-state index in [1.165, 1.54) is 5.69 Å². The zero-order valence-electron chi connectivity index (χ0n) is 15.3. The third kappa shape index (κ3) is 5.23. The second-order valence-electron chi connectivity index (χ2n) is 6.61. The Balaban J connectivity index is 1.36. The molecular weight excluding hydrogens is 326 g/mol. The van der Waals surface area contributed by atoms with Crippen molar-refractivity contribution in [2.75, 3.05) is 44.2 Å². The van der Waals surface area contributed by atoms with E-state index in [4.69, 9.17) is 4.74 Å². The van der Waals surface area contributed by atoms with E-state index >= 15 is 0 Å². The summed E-state index contributed by atoms with van der Waals surface area (Å²) in [4.78, 5) is 16.8. The van der Waals surface area contributed by atoms with Gasteiger partial charge in [0, 0.05) is 44.5 Å². The zero-order valence-corrected chi connectivity index (χ0v) is 15.3. The molecule has 5 heteroatoms. The molecule has 1 heterocycles. The monoisotopic (exact) mass is 353 g/mol. The van der Waals surface area contributed by atoms with E-state index in [2.05, 4.69) is 46.3 Å². The van der Waals surface area contributed by atoms with Crippen molar-refractivity contribution in [1.29, 1.82) is 0 Å². The van der Waals surface area contributed by atoms with Crippen molar-refractivity contribution < 1.29 is 9.53 Å². The topological polar surface area (TPSA) is 44.8 Å². The summed E-state index contributed by atoms with van der Waals surface area (Å²) < 4.78 is 5.48. The molecule has 1 unspecified atom stereocenters. The third-order valence-corrected chi connectivity index (χ3v) is 4.77. The number of carbonyl (C=O) groups excluding carboxylic acids is 1. The number of hydrogen-bond acceptors (Lipinski definition) is 4. The van der Waals surface area contributed by atoms with Crippen LogP contribution in [-0.2, 0) is 4.79 Å². The van der Waals surface area contributed by atoms with E-state index in [0.29, 0.717) is 18.3 Å². The third-order valence-electron chi connectivity index (χ3n) is 4.77. The van der Waals surface area contributed by atoms with Crippen molar-refractivity contribution in [3.63, 3.8) is 0 Å². The van der Waals surface area contributed by atoms with Crippen molar-refractivity contribution in [2.24, 2.45) is 0 Å². The summed E-state index contributed by atoms with van der Waals surface area (Å²) in [5.74, 6) is 0.636. The predicted molar refractivity (Wildman–Crippen MR) is 105 cm³/mol. The summed E-state index contributed by atoms with van der Waals surface area (Å²) in [6.45, 7) is 6.90. The second kappa shape index (κ2) is 9.25. The Hall–Kier alpha value is -2.53. The van der Waals surface area contributed by atoms with Crippen LogP contribution in [0.3, 0.4) is 0 Å². The summed E-state index contributed by atoms with van der Waals surface area (Å²) in [7, 11) is 0. The van der Waals surface area contributed by atoms with Crippen LogP contribution < -0.4 is 15.0 Å². The first-order chi connectivity index (χ1) is 12.7. The number of para-hydroxylation sites is 2. The smallest absolute Gasteiger partial charge is 0.257 e. The predicted octanol–water partition coefficient (Wildman–Crippen LogP) is 2.39. The Morgan fingerprint density at radius 2 is 1.62 bits per heavy atom. The molecule has 1 fully saturated rings. The highest BCUT2D eigenvalue weighted by Gasteiger charge is 2.21. The summed E-state index contributed by atoms with van der Waals surface area (Å²) in [5, 5.41) is 2.97. The highest BCUT2D eigenvalue weighted by Crippen LogP contribution is 2.16. The second-order valence-corrected chi connectivity index (χ2v) is 6.61. The van der Waals surface area contributed by atoms with Crippen LogP contribution in [0.2, 0.25) is 0 Å². The van der Waals surface area contributed by atoms with Crippen LogP contribution in [0.15, 0.2) is 60.7 Å². The fraction of sp³-hybridized carbons (Fsp3) is 0.381. The van der Waals surface area contributed by atoms with E-state index in [-0.39, 0.29) is 12.5 Å². The minimum atomic E-state index is -0.0800. The Labute approximate surface area is 155 Å². The number of nitrogens with zero attached hydrogens (tertiary/aromatic N) is 2.